The van der Waals surface area contributed by atoms with Gasteiger partial charge < -0.3 is 5.32 Å². The topological polar surface area (TPSA) is 75.3 Å². The van der Waals surface area contributed by atoms with Crippen molar-refractivity contribution in [1.82, 2.24) is 0 Å². The fraction of sp³-hybridized carbons (Fsp3) is 0.0556. The van der Waals surface area contributed by atoms with Crippen LogP contribution >= 0.6 is 0 Å². The largest absolute Gasteiger partial charge is 0.321 e. The van der Waals surface area contributed by atoms with Gasteiger partial charge in [0.2, 0.25) is 0 Å². The first kappa shape index (κ1) is 14.7. The zero-order valence-corrected chi connectivity index (χ0v) is 13.6. The van der Waals surface area contributed by atoms with Crippen molar-refractivity contribution in [3.8, 4) is 0 Å². The van der Waals surface area contributed by atoms with Crippen LogP contribution in [-0.2, 0) is 10.0 Å². The molecule has 0 saturated heterocycles. The van der Waals surface area contributed by atoms with Gasteiger partial charge in [0.05, 0.1) is 4.90 Å². The van der Waals surface area contributed by atoms with E-state index in [9.17, 15) is 13.2 Å². The minimum Gasteiger partial charge on any atom is -0.321 e. The molecule has 3 aromatic carbocycles. The van der Waals surface area contributed by atoms with Crippen LogP contribution in [-0.4, -0.2) is 14.3 Å². The summed E-state index contributed by atoms with van der Waals surface area (Å²) >= 11 is 0. The second kappa shape index (κ2) is 5.07. The predicted octanol–water partition coefficient (Wildman–Crippen LogP) is 3.51. The van der Waals surface area contributed by atoms with Gasteiger partial charge in [-0.25, -0.2) is 8.42 Å². The molecule has 1 amide bonds. The number of aryl methyl sites for hydroxylation is 1. The maximum Gasteiger partial charge on any atom is 0.262 e. The van der Waals surface area contributed by atoms with Crippen LogP contribution in [0.1, 0.15) is 15.9 Å². The van der Waals surface area contributed by atoms with E-state index in [1.165, 1.54) is 6.07 Å². The van der Waals surface area contributed by atoms with E-state index in [2.05, 4.69) is 10.0 Å². The van der Waals surface area contributed by atoms with Gasteiger partial charge in [-0.05, 0) is 37.3 Å². The summed E-state index contributed by atoms with van der Waals surface area (Å²) in [4.78, 5) is 12.1. The lowest BCUT2D eigenvalue weighted by Crippen LogP contribution is -2.13. The van der Waals surface area contributed by atoms with Gasteiger partial charge in [0, 0.05) is 27.7 Å². The fourth-order valence-corrected chi connectivity index (χ4v) is 4.19. The normalized spacial score (nSPS) is 13.1. The Morgan fingerprint density at radius 3 is 2.46 bits per heavy atom. The molecule has 120 valence electrons. The number of rotatable bonds is 3. The standard InChI is InChI=1S/C18H14N2O3S/c1-11-5-7-12(8-6-11)20-24(22,23)16-10-9-15-17-13(16)3-2-4-14(17)18(21)19-15/h2-10,20H,1H3,(H,19,21). The highest BCUT2D eigenvalue weighted by atomic mass is 32.2. The maximum atomic E-state index is 12.8. The minimum absolute atomic E-state index is 0.153. The molecule has 0 radical (unpaired) electrons. The number of carbonyl (C=O) groups is 1. The quantitative estimate of drug-likeness (QED) is 0.767. The monoisotopic (exact) mass is 338 g/mol. The highest BCUT2D eigenvalue weighted by Gasteiger charge is 2.26. The zero-order valence-electron chi connectivity index (χ0n) is 12.8. The van der Waals surface area contributed by atoms with Crippen molar-refractivity contribution in [3.05, 3.63) is 65.7 Å². The summed E-state index contributed by atoms with van der Waals surface area (Å²) in [5.41, 5.74) is 2.68. The van der Waals surface area contributed by atoms with Gasteiger partial charge in [0.25, 0.3) is 15.9 Å². The molecule has 0 aliphatic carbocycles. The molecule has 3 aromatic rings. The van der Waals surface area contributed by atoms with E-state index >= 15 is 0 Å². The third-order valence-corrected chi connectivity index (χ3v) is 5.53. The number of carbonyl (C=O) groups excluding carboxylic acids is 1. The van der Waals surface area contributed by atoms with Gasteiger partial charge in [-0.2, -0.15) is 0 Å². The van der Waals surface area contributed by atoms with Gasteiger partial charge in [0.15, 0.2) is 0 Å². The first-order valence-corrected chi connectivity index (χ1v) is 8.90. The van der Waals surface area contributed by atoms with E-state index in [-0.39, 0.29) is 10.8 Å². The molecule has 0 atom stereocenters. The molecule has 0 spiro atoms. The average molecular weight is 338 g/mol. The molecule has 0 fully saturated rings. The van der Waals surface area contributed by atoms with Gasteiger partial charge in [-0.15, -0.1) is 0 Å². The van der Waals surface area contributed by atoms with Crippen LogP contribution in [0.4, 0.5) is 11.4 Å². The molecule has 4 rings (SSSR count). The van der Waals surface area contributed by atoms with E-state index in [4.69, 9.17) is 0 Å². The number of benzene rings is 3. The second-order valence-corrected chi connectivity index (χ2v) is 7.42. The van der Waals surface area contributed by atoms with Crippen LogP contribution in [0.15, 0.2) is 59.5 Å². The first-order valence-electron chi connectivity index (χ1n) is 7.42. The number of nitrogens with one attached hydrogen (secondary N) is 2. The van der Waals surface area contributed by atoms with E-state index in [0.717, 1.165) is 5.56 Å². The first-order chi connectivity index (χ1) is 11.5. The van der Waals surface area contributed by atoms with E-state index in [1.807, 2.05) is 19.1 Å². The number of amides is 1. The molecule has 2 N–H and O–H groups in total. The van der Waals surface area contributed by atoms with Gasteiger partial charge in [-0.1, -0.05) is 29.8 Å². The molecule has 0 unspecified atom stereocenters. The van der Waals surface area contributed by atoms with Gasteiger partial charge >= 0.3 is 0 Å². The van der Waals surface area contributed by atoms with Crippen LogP contribution < -0.4 is 10.0 Å². The zero-order chi connectivity index (χ0) is 16.9. The van der Waals surface area contributed by atoms with Crippen molar-refractivity contribution in [2.75, 3.05) is 10.0 Å². The summed E-state index contributed by atoms with van der Waals surface area (Å²) in [7, 11) is -3.77. The molecule has 1 aliphatic rings. The van der Waals surface area contributed by atoms with Crippen molar-refractivity contribution in [2.24, 2.45) is 0 Å². The molecule has 24 heavy (non-hydrogen) atoms. The van der Waals surface area contributed by atoms with Gasteiger partial charge in [0.1, 0.15) is 0 Å². The molecule has 1 heterocycles. The Bertz CT molecular complexity index is 1090. The minimum atomic E-state index is -3.77. The molecular formula is C18H14N2O3S. The molecule has 6 heteroatoms. The molecule has 0 saturated carbocycles. The van der Waals surface area contributed by atoms with Crippen molar-refractivity contribution in [3.63, 3.8) is 0 Å². The van der Waals surface area contributed by atoms with Crippen molar-refractivity contribution in [1.29, 1.82) is 0 Å². The SMILES string of the molecule is Cc1ccc(NS(=O)(=O)c2ccc3c4c(cccc24)C(=O)N3)cc1. The smallest absolute Gasteiger partial charge is 0.262 e. The van der Waals surface area contributed by atoms with Crippen LogP contribution in [0.2, 0.25) is 0 Å². The van der Waals surface area contributed by atoms with Crippen molar-refractivity contribution < 1.29 is 13.2 Å². The molecule has 0 aromatic heterocycles. The lowest BCUT2D eigenvalue weighted by Gasteiger charge is -2.11. The highest BCUT2D eigenvalue weighted by molar-refractivity contribution is 7.93. The summed E-state index contributed by atoms with van der Waals surface area (Å²) < 4.78 is 28.2. The van der Waals surface area contributed by atoms with Crippen LogP contribution in [0, 0.1) is 6.92 Å². The van der Waals surface area contributed by atoms with Crippen LogP contribution in [0.3, 0.4) is 0 Å². The Balaban J connectivity index is 1.86. The summed E-state index contributed by atoms with van der Waals surface area (Å²) in [5, 5.41) is 3.93. The third kappa shape index (κ3) is 2.23. The van der Waals surface area contributed by atoms with Crippen LogP contribution in [0.25, 0.3) is 10.8 Å². The second-order valence-electron chi connectivity index (χ2n) is 5.77. The van der Waals surface area contributed by atoms with Crippen LogP contribution in [0.5, 0.6) is 0 Å². The third-order valence-electron chi connectivity index (χ3n) is 4.09. The highest BCUT2D eigenvalue weighted by Crippen LogP contribution is 2.36. The number of anilines is 2. The predicted molar refractivity (Wildman–Crippen MR) is 93.9 cm³/mol. The number of hydrogen-bond acceptors (Lipinski definition) is 3. The van der Waals surface area contributed by atoms with Gasteiger partial charge in [-0.3, -0.25) is 9.52 Å². The molecule has 0 bridgehead atoms. The van der Waals surface area contributed by atoms with E-state index in [1.54, 1.807) is 36.4 Å². The fourth-order valence-electron chi connectivity index (χ4n) is 2.93. The Morgan fingerprint density at radius 1 is 0.958 bits per heavy atom. The van der Waals surface area contributed by atoms with E-state index in [0.29, 0.717) is 27.7 Å². The summed E-state index contributed by atoms with van der Waals surface area (Å²) in [6, 6.07) is 15.4. The summed E-state index contributed by atoms with van der Waals surface area (Å²) in [6.07, 6.45) is 0. The Morgan fingerprint density at radius 2 is 1.71 bits per heavy atom. The Labute approximate surface area is 139 Å². The molecule has 1 aliphatic heterocycles. The number of hydrogen-bond donors (Lipinski definition) is 2. The average Bonchev–Trinajstić information content (AvgIpc) is 2.88. The molecular weight excluding hydrogens is 324 g/mol. The lowest BCUT2D eigenvalue weighted by atomic mass is 10.1. The van der Waals surface area contributed by atoms with Crippen molar-refractivity contribution >= 4 is 38.1 Å². The Kier molecular flexibility index (Phi) is 3.11. The molecule has 5 nitrogen and oxygen atoms in total. The number of sulfonamides is 1. The summed E-state index contributed by atoms with van der Waals surface area (Å²) in [5.74, 6) is -0.211. The summed E-state index contributed by atoms with van der Waals surface area (Å²) in [6.45, 7) is 1.94. The lowest BCUT2D eigenvalue weighted by molar-refractivity contribution is 0.103. The van der Waals surface area contributed by atoms with Crippen molar-refractivity contribution in [2.45, 2.75) is 11.8 Å². The maximum absolute atomic E-state index is 12.8. The Hall–Kier alpha value is -2.86. The van der Waals surface area contributed by atoms with E-state index < -0.39 is 10.0 Å².